The van der Waals surface area contributed by atoms with E-state index in [4.69, 9.17) is 15.2 Å². The second-order valence-electron chi connectivity index (χ2n) is 5.09. The quantitative estimate of drug-likeness (QED) is 0.704. The minimum Gasteiger partial charge on any atom is -0.497 e. The Bertz CT molecular complexity index is 463. The van der Waals surface area contributed by atoms with E-state index in [0.717, 1.165) is 17.7 Å². The second-order valence-corrected chi connectivity index (χ2v) is 5.09. The van der Waals surface area contributed by atoms with E-state index < -0.39 is 12.2 Å². The Morgan fingerprint density at radius 3 is 2.76 bits per heavy atom. The molecule has 1 fully saturated rings. The highest BCUT2D eigenvalue weighted by Crippen LogP contribution is 2.20. The number of aliphatic hydroxyl groups is 1. The van der Waals surface area contributed by atoms with E-state index in [0.29, 0.717) is 13.0 Å². The second kappa shape index (κ2) is 7.40. The fourth-order valence-corrected chi connectivity index (χ4v) is 2.33. The number of methoxy groups -OCH3 is 1. The van der Waals surface area contributed by atoms with E-state index in [1.54, 1.807) is 31.4 Å². The van der Waals surface area contributed by atoms with Crippen LogP contribution in [0.5, 0.6) is 5.75 Å². The summed E-state index contributed by atoms with van der Waals surface area (Å²) in [5, 5.41) is 12.8. The van der Waals surface area contributed by atoms with Gasteiger partial charge in [0.1, 0.15) is 11.9 Å². The van der Waals surface area contributed by atoms with Crippen LogP contribution in [0.2, 0.25) is 0 Å². The smallest absolute Gasteiger partial charge is 0.249 e. The molecule has 1 saturated heterocycles. The first-order valence-electron chi connectivity index (χ1n) is 7.09. The van der Waals surface area contributed by atoms with Gasteiger partial charge in [0.05, 0.1) is 19.3 Å². The van der Waals surface area contributed by atoms with E-state index in [9.17, 15) is 9.90 Å². The summed E-state index contributed by atoms with van der Waals surface area (Å²) in [7, 11) is 1.59. The Morgan fingerprint density at radius 1 is 1.48 bits per heavy atom. The zero-order valence-electron chi connectivity index (χ0n) is 12.1. The van der Waals surface area contributed by atoms with E-state index in [-0.39, 0.29) is 18.6 Å². The summed E-state index contributed by atoms with van der Waals surface area (Å²) in [4.78, 5) is 11.9. The molecule has 0 saturated carbocycles. The maximum absolute atomic E-state index is 11.9. The summed E-state index contributed by atoms with van der Waals surface area (Å²) >= 11 is 0. The molecule has 1 heterocycles. The van der Waals surface area contributed by atoms with Crippen LogP contribution in [0.25, 0.3) is 0 Å². The number of hydrogen-bond donors (Lipinski definition) is 3. The topological polar surface area (TPSA) is 93.8 Å². The third-order valence-electron chi connectivity index (χ3n) is 3.63. The van der Waals surface area contributed by atoms with Crippen LogP contribution in [0.15, 0.2) is 24.3 Å². The van der Waals surface area contributed by atoms with Crippen molar-refractivity contribution in [2.75, 3.05) is 20.2 Å². The highest BCUT2D eigenvalue weighted by molar-refractivity contribution is 5.81. The maximum atomic E-state index is 11.9. The largest absolute Gasteiger partial charge is 0.497 e. The average Bonchev–Trinajstić information content (AvgIpc) is 3.01. The number of carbonyl (C=O) groups is 1. The minimum atomic E-state index is -0.758. The van der Waals surface area contributed by atoms with Gasteiger partial charge in [-0.25, -0.2) is 0 Å². The molecule has 1 unspecified atom stereocenters. The van der Waals surface area contributed by atoms with Gasteiger partial charge < -0.3 is 25.6 Å². The lowest BCUT2D eigenvalue weighted by Crippen LogP contribution is -2.37. The lowest BCUT2D eigenvalue weighted by atomic mass is 10.1. The molecule has 0 aliphatic carbocycles. The molecule has 4 N–H and O–H groups in total. The summed E-state index contributed by atoms with van der Waals surface area (Å²) in [6.07, 6.45) is 0.225. The average molecular weight is 294 g/mol. The Morgan fingerprint density at radius 2 is 2.19 bits per heavy atom. The van der Waals surface area contributed by atoms with Crippen molar-refractivity contribution >= 4 is 5.91 Å². The number of nitrogens with two attached hydrogens (primary N) is 1. The van der Waals surface area contributed by atoms with E-state index >= 15 is 0 Å². The van der Waals surface area contributed by atoms with Gasteiger partial charge in [0.2, 0.25) is 5.91 Å². The predicted octanol–water partition coefficient (Wildman–Crippen LogP) is 0.351. The third-order valence-corrected chi connectivity index (χ3v) is 3.63. The van der Waals surface area contributed by atoms with Gasteiger partial charge in [0, 0.05) is 13.1 Å². The first-order valence-corrected chi connectivity index (χ1v) is 7.09. The molecule has 6 nitrogen and oxygen atoms in total. The van der Waals surface area contributed by atoms with Crippen molar-refractivity contribution in [1.82, 2.24) is 5.32 Å². The molecule has 6 heteroatoms. The van der Waals surface area contributed by atoms with Crippen LogP contribution in [0.4, 0.5) is 0 Å². The number of aliphatic hydroxyl groups excluding tert-OH is 1. The van der Waals surface area contributed by atoms with Crippen molar-refractivity contribution < 1.29 is 19.4 Å². The highest BCUT2D eigenvalue weighted by atomic mass is 16.5. The molecular formula is C15H22N2O4. The van der Waals surface area contributed by atoms with Crippen LogP contribution >= 0.6 is 0 Å². The third kappa shape index (κ3) is 4.17. The van der Waals surface area contributed by atoms with Gasteiger partial charge in [-0.3, -0.25) is 4.79 Å². The van der Waals surface area contributed by atoms with Crippen molar-refractivity contribution in [3.63, 3.8) is 0 Å². The molecule has 0 radical (unpaired) electrons. The summed E-state index contributed by atoms with van der Waals surface area (Å²) < 4.78 is 10.6. The van der Waals surface area contributed by atoms with Crippen LogP contribution in [0.3, 0.4) is 0 Å². The number of carbonyl (C=O) groups excluding carboxylic acids is 1. The van der Waals surface area contributed by atoms with Crippen molar-refractivity contribution in [2.24, 2.45) is 5.73 Å². The summed E-state index contributed by atoms with van der Waals surface area (Å²) in [5.74, 6) is 0.528. The van der Waals surface area contributed by atoms with Gasteiger partial charge in [-0.2, -0.15) is 0 Å². The summed E-state index contributed by atoms with van der Waals surface area (Å²) in [6, 6.07) is 7.08. The van der Waals surface area contributed by atoms with Crippen LogP contribution < -0.4 is 15.8 Å². The molecule has 21 heavy (non-hydrogen) atoms. The normalized spacial score (nSPS) is 22.8. The molecule has 0 spiro atoms. The van der Waals surface area contributed by atoms with E-state index in [2.05, 4.69) is 5.32 Å². The standard InChI is InChI=1S/C15H22N2O4/c1-20-11-4-2-10(3-5-11)13(18)9-17-15(19)14-7-6-12(8-16)21-14/h2-5,12-14,18H,6-9,16H2,1H3,(H,17,19)/t12-,13?,14+/m1/s1. The minimum absolute atomic E-state index is 0.0349. The van der Waals surface area contributed by atoms with Gasteiger partial charge in [0.15, 0.2) is 0 Å². The fraction of sp³-hybridized carbons (Fsp3) is 0.533. The Hall–Kier alpha value is -1.63. The molecule has 0 aromatic heterocycles. The number of nitrogens with one attached hydrogen (secondary N) is 1. The Kier molecular flexibility index (Phi) is 5.55. The van der Waals surface area contributed by atoms with Crippen molar-refractivity contribution in [1.29, 1.82) is 0 Å². The Balaban J connectivity index is 1.80. The highest BCUT2D eigenvalue weighted by Gasteiger charge is 2.29. The van der Waals surface area contributed by atoms with Crippen LogP contribution in [-0.4, -0.2) is 43.4 Å². The first kappa shape index (κ1) is 15.8. The first-order chi connectivity index (χ1) is 10.1. The molecule has 0 bridgehead atoms. The SMILES string of the molecule is COc1ccc(C(O)CNC(=O)[C@@H]2CC[C@H](CN)O2)cc1. The Labute approximate surface area is 124 Å². The van der Waals surface area contributed by atoms with Crippen molar-refractivity contribution in [3.8, 4) is 5.75 Å². The zero-order chi connectivity index (χ0) is 15.2. The number of hydrogen-bond acceptors (Lipinski definition) is 5. The lowest BCUT2D eigenvalue weighted by molar-refractivity contribution is -0.132. The molecule has 116 valence electrons. The van der Waals surface area contributed by atoms with E-state index in [1.807, 2.05) is 0 Å². The molecule has 1 aromatic carbocycles. The zero-order valence-corrected chi connectivity index (χ0v) is 12.1. The number of ether oxygens (including phenoxy) is 2. The van der Waals surface area contributed by atoms with Gasteiger partial charge in [-0.15, -0.1) is 0 Å². The van der Waals surface area contributed by atoms with Crippen molar-refractivity contribution in [3.05, 3.63) is 29.8 Å². The number of rotatable bonds is 6. The predicted molar refractivity (Wildman–Crippen MR) is 77.9 cm³/mol. The van der Waals surface area contributed by atoms with Gasteiger partial charge in [0.25, 0.3) is 0 Å². The van der Waals surface area contributed by atoms with Crippen LogP contribution in [-0.2, 0) is 9.53 Å². The summed E-state index contributed by atoms with van der Waals surface area (Å²) in [6.45, 7) is 0.580. The molecule has 1 amide bonds. The number of amides is 1. The fourth-order valence-electron chi connectivity index (χ4n) is 2.33. The molecule has 1 aliphatic heterocycles. The van der Waals surface area contributed by atoms with Crippen LogP contribution in [0, 0.1) is 0 Å². The molecule has 1 aromatic rings. The van der Waals surface area contributed by atoms with Gasteiger partial charge in [-0.1, -0.05) is 12.1 Å². The van der Waals surface area contributed by atoms with Crippen LogP contribution in [0.1, 0.15) is 24.5 Å². The van der Waals surface area contributed by atoms with Crippen molar-refractivity contribution in [2.45, 2.75) is 31.2 Å². The monoisotopic (exact) mass is 294 g/mol. The molecular weight excluding hydrogens is 272 g/mol. The molecule has 1 aliphatic rings. The maximum Gasteiger partial charge on any atom is 0.249 e. The lowest BCUT2D eigenvalue weighted by Gasteiger charge is -2.16. The van der Waals surface area contributed by atoms with E-state index in [1.165, 1.54) is 0 Å². The summed E-state index contributed by atoms with van der Waals surface area (Å²) in [5.41, 5.74) is 6.24. The molecule has 2 rings (SSSR count). The van der Waals surface area contributed by atoms with Gasteiger partial charge in [-0.05, 0) is 30.5 Å². The van der Waals surface area contributed by atoms with Gasteiger partial charge >= 0.3 is 0 Å². The molecule has 3 atom stereocenters. The number of benzene rings is 1.